The van der Waals surface area contributed by atoms with E-state index in [1.54, 1.807) is 12.4 Å². The van der Waals surface area contributed by atoms with Crippen LogP contribution >= 0.6 is 0 Å². The van der Waals surface area contributed by atoms with Gasteiger partial charge in [0, 0.05) is 36.5 Å². The van der Waals surface area contributed by atoms with E-state index in [0.29, 0.717) is 11.4 Å². The summed E-state index contributed by atoms with van der Waals surface area (Å²) in [6.45, 7) is 18.6. The van der Waals surface area contributed by atoms with E-state index in [1.807, 2.05) is 26.8 Å². The Labute approximate surface area is 205 Å². The minimum absolute atomic E-state index is 0.119. The van der Waals surface area contributed by atoms with Gasteiger partial charge in [0.2, 0.25) is 0 Å². The molecule has 1 aromatic carbocycles. The van der Waals surface area contributed by atoms with Crippen LogP contribution in [-0.4, -0.2) is 35.2 Å². The van der Waals surface area contributed by atoms with E-state index in [1.165, 1.54) is 10.4 Å². The smallest absolute Gasteiger partial charge is 0.277 e. The van der Waals surface area contributed by atoms with Crippen molar-refractivity contribution >= 4 is 23.8 Å². The first-order valence-corrected chi connectivity index (χ1v) is 12.8. The second kappa shape index (κ2) is 13.2. The standard InChI is InChI=1S/C28H43N5O/c1-9-13-14-23(10-2)27-22(8)28(34)33(30-18-20(5)6)26(31-27)19-29-25-16-15-24(17-21(25)7)32(11-3)12-4/h15-20,23H,9-14H2,1-8H3/b29-19?,30-18+. The molecular formula is C28H43N5O. The Balaban J connectivity index is 2.57. The van der Waals surface area contributed by atoms with Gasteiger partial charge in [-0.25, -0.2) is 4.98 Å². The molecule has 1 heterocycles. The van der Waals surface area contributed by atoms with Crippen molar-refractivity contribution in [3.63, 3.8) is 0 Å². The number of anilines is 1. The Bertz CT molecular complexity index is 1050. The fourth-order valence-corrected chi connectivity index (χ4v) is 4.10. The predicted molar refractivity (Wildman–Crippen MR) is 147 cm³/mol. The number of aryl methyl sites for hydroxylation is 1. The van der Waals surface area contributed by atoms with Gasteiger partial charge in [0.15, 0.2) is 5.82 Å². The number of rotatable bonds is 12. The number of nitrogens with zero attached hydrogens (tertiary/aromatic N) is 5. The molecule has 0 saturated heterocycles. The number of hydrogen-bond acceptors (Lipinski definition) is 5. The molecule has 0 aliphatic rings. The minimum atomic E-state index is -0.119. The van der Waals surface area contributed by atoms with Crippen LogP contribution in [-0.2, 0) is 0 Å². The second-order valence-corrected chi connectivity index (χ2v) is 9.25. The molecular weight excluding hydrogens is 422 g/mol. The average Bonchev–Trinajstić information content (AvgIpc) is 2.81. The van der Waals surface area contributed by atoms with Crippen molar-refractivity contribution in [2.24, 2.45) is 16.0 Å². The highest BCUT2D eigenvalue weighted by molar-refractivity contribution is 5.79. The first-order valence-electron chi connectivity index (χ1n) is 12.8. The molecule has 2 aromatic rings. The summed E-state index contributed by atoms with van der Waals surface area (Å²) in [5.74, 6) is 0.961. The zero-order valence-corrected chi connectivity index (χ0v) is 22.4. The predicted octanol–water partition coefficient (Wildman–Crippen LogP) is 6.63. The lowest BCUT2D eigenvalue weighted by Gasteiger charge is -2.21. The molecule has 0 spiro atoms. The lowest BCUT2D eigenvalue weighted by molar-refractivity contribution is 0.547. The molecule has 2 rings (SSSR count). The molecule has 0 bridgehead atoms. The van der Waals surface area contributed by atoms with Crippen molar-refractivity contribution in [3.8, 4) is 0 Å². The van der Waals surface area contributed by atoms with E-state index in [4.69, 9.17) is 9.98 Å². The SMILES string of the molecule is CCCCC(CC)c1nc(C=Nc2ccc(N(CC)CC)cc2C)n(/N=C/C(C)C)c(=O)c1C. The topological polar surface area (TPSA) is 62.9 Å². The fourth-order valence-electron chi connectivity index (χ4n) is 4.10. The van der Waals surface area contributed by atoms with Crippen molar-refractivity contribution in [2.75, 3.05) is 18.0 Å². The summed E-state index contributed by atoms with van der Waals surface area (Å²) in [6.07, 6.45) is 7.70. The molecule has 0 amide bonds. The van der Waals surface area contributed by atoms with Gasteiger partial charge in [0.05, 0.1) is 17.6 Å². The van der Waals surface area contributed by atoms with Gasteiger partial charge in [-0.1, -0.05) is 40.5 Å². The normalized spacial score (nSPS) is 12.9. The number of benzene rings is 1. The lowest BCUT2D eigenvalue weighted by Crippen LogP contribution is -2.27. The molecule has 34 heavy (non-hydrogen) atoms. The maximum absolute atomic E-state index is 13.3. The van der Waals surface area contributed by atoms with Gasteiger partial charge in [-0.3, -0.25) is 9.79 Å². The highest BCUT2D eigenvalue weighted by atomic mass is 16.1. The number of aliphatic imine (C=N–C) groups is 1. The molecule has 0 aliphatic carbocycles. The fraction of sp³-hybridized carbons (Fsp3) is 0.571. The number of unbranched alkanes of at least 4 members (excludes halogenated alkanes) is 1. The van der Waals surface area contributed by atoms with Crippen LogP contribution in [0.1, 0.15) is 95.8 Å². The molecule has 6 nitrogen and oxygen atoms in total. The lowest BCUT2D eigenvalue weighted by atomic mass is 9.93. The quantitative estimate of drug-likeness (QED) is 0.330. The van der Waals surface area contributed by atoms with Gasteiger partial charge in [0.1, 0.15) is 0 Å². The van der Waals surface area contributed by atoms with E-state index >= 15 is 0 Å². The largest absolute Gasteiger partial charge is 0.372 e. The Kier molecular flexibility index (Phi) is 10.7. The van der Waals surface area contributed by atoms with Crippen molar-refractivity contribution in [3.05, 3.63) is 51.2 Å². The van der Waals surface area contributed by atoms with Crippen LogP contribution in [0.4, 0.5) is 11.4 Å². The van der Waals surface area contributed by atoms with Crippen LogP contribution in [0.25, 0.3) is 0 Å². The molecule has 0 aliphatic heterocycles. The van der Waals surface area contributed by atoms with Gasteiger partial charge in [-0.15, -0.1) is 0 Å². The van der Waals surface area contributed by atoms with Gasteiger partial charge in [0.25, 0.3) is 5.56 Å². The molecule has 1 atom stereocenters. The van der Waals surface area contributed by atoms with Crippen LogP contribution in [0, 0.1) is 19.8 Å². The van der Waals surface area contributed by atoms with Gasteiger partial charge in [-0.05, 0) is 70.2 Å². The summed E-state index contributed by atoms with van der Waals surface area (Å²) in [7, 11) is 0. The first kappa shape index (κ1) is 27.5. The molecule has 186 valence electrons. The zero-order chi connectivity index (χ0) is 25.3. The van der Waals surface area contributed by atoms with Crippen LogP contribution in [0.5, 0.6) is 0 Å². The van der Waals surface area contributed by atoms with E-state index in [0.717, 1.165) is 55.7 Å². The van der Waals surface area contributed by atoms with Crippen LogP contribution in [0.2, 0.25) is 0 Å². The maximum Gasteiger partial charge on any atom is 0.277 e. The third-order valence-electron chi connectivity index (χ3n) is 6.24. The first-order chi connectivity index (χ1) is 16.3. The summed E-state index contributed by atoms with van der Waals surface area (Å²) in [5.41, 5.74) is 4.59. The average molecular weight is 466 g/mol. The molecule has 0 fully saturated rings. The van der Waals surface area contributed by atoms with Crippen LogP contribution < -0.4 is 10.5 Å². The van der Waals surface area contributed by atoms with Crippen molar-refractivity contribution in [1.82, 2.24) is 9.66 Å². The molecule has 0 saturated carbocycles. The van der Waals surface area contributed by atoms with Crippen molar-refractivity contribution < 1.29 is 0 Å². The number of aromatic nitrogens is 2. The van der Waals surface area contributed by atoms with Gasteiger partial charge in [-0.2, -0.15) is 9.78 Å². The zero-order valence-electron chi connectivity index (χ0n) is 22.4. The van der Waals surface area contributed by atoms with E-state index < -0.39 is 0 Å². The van der Waals surface area contributed by atoms with Crippen molar-refractivity contribution in [1.29, 1.82) is 0 Å². The molecule has 6 heteroatoms. The summed E-state index contributed by atoms with van der Waals surface area (Å²) >= 11 is 0. The minimum Gasteiger partial charge on any atom is -0.372 e. The summed E-state index contributed by atoms with van der Waals surface area (Å²) in [6, 6.07) is 6.29. The van der Waals surface area contributed by atoms with Crippen LogP contribution in [0.3, 0.4) is 0 Å². The summed E-state index contributed by atoms with van der Waals surface area (Å²) in [5, 5.41) is 4.47. The third kappa shape index (κ3) is 6.87. The highest BCUT2D eigenvalue weighted by Crippen LogP contribution is 2.27. The molecule has 1 aromatic heterocycles. The molecule has 0 radical (unpaired) electrons. The van der Waals surface area contributed by atoms with E-state index in [9.17, 15) is 4.79 Å². The summed E-state index contributed by atoms with van der Waals surface area (Å²) < 4.78 is 1.40. The van der Waals surface area contributed by atoms with E-state index in [-0.39, 0.29) is 17.4 Å². The molecule has 0 N–H and O–H groups in total. The Morgan fingerprint density at radius 3 is 2.38 bits per heavy atom. The Morgan fingerprint density at radius 2 is 1.82 bits per heavy atom. The van der Waals surface area contributed by atoms with Crippen molar-refractivity contribution in [2.45, 2.75) is 87.0 Å². The highest BCUT2D eigenvalue weighted by Gasteiger charge is 2.19. The maximum atomic E-state index is 13.3. The summed E-state index contributed by atoms with van der Waals surface area (Å²) in [4.78, 5) is 25.3. The Morgan fingerprint density at radius 1 is 1.12 bits per heavy atom. The van der Waals surface area contributed by atoms with Gasteiger partial charge >= 0.3 is 0 Å². The Hall–Kier alpha value is -2.76. The third-order valence-corrected chi connectivity index (χ3v) is 6.24. The monoisotopic (exact) mass is 465 g/mol. The number of hydrogen-bond donors (Lipinski definition) is 0. The molecule has 1 unspecified atom stereocenters. The van der Waals surface area contributed by atoms with E-state index in [2.05, 4.69) is 56.8 Å². The second-order valence-electron chi connectivity index (χ2n) is 9.25. The van der Waals surface area contributed by atoms with Crippen LogP contribution in [0.15, 0.2) is 33.1 Å². The van der Waals surface area contributed by atoms with Gasteiger partial charge < -0.3 is 4.90 Å².